The fourth-order valence-electron chi connectivity index (χ4n) is 1.26. The standard InChI is InChI=1S/C7Cl13/c8-1-2(9,10)4(13,14)6(17,18)7(19,20)5(15,16)3(1,11)12. The molecule has 1 saturated carbocycles. The number of halogens is 13. The zero-order valence-corrected chi connectivity index (χ0v) is 18.2. The van der Waals surface area contributed by atoms with Crippen molar-refractivity contribution in [1.29, 1.82) is 0 Å². The summed E-state index contributed by atoms with van der Waals surface area (Å²) in [4.78, 5) is 0. The summed E-state index contributed by atoms with van der Waals surface area (Å²) in [5, 5.41) is -0.680. The molecule has 13 heteroatoms. The third-order valence-corrected chi connectivity index (χ3v) is 11.8. The average Bonchev–Trinajstić information content (AvgIpc) is 2.25. The molecule has 0 aromatic carbocycles. The van der Waals surface area contributed by atoms with Gasteiger partial charge in [-0.3, -0.25) is 0 Å². The second-order valence-corrected chi connectivity index (χ2v) is 12.1. The minimum atomic E-state index is -2.54. The molecule has 0 spiro atoms. The van der Waals surface area contributed by atoms with Crippen LogP contribution in [0.3, 0.4) is 0 Å². The summed E-state index contributed by atoms with van der Waals surface area (Å²) in [6, 6.07) is 0. The molecule has 0 aromatic heterocycles. The first-order valence-corrected chi connectivity index (χ1v) is 9.12. The summed E-state index contributed by atoms with van der Waals surface area (Å²) in [6.07, 6.45) is 0. The second-order valence-electron chi connectivity index (χ2n) is 3.76. The monoisotopic (exact) mass is 539 g/mol. The van der Waals surface area contributed by atoms with E-state index in [0.29, 0.717) is 0 Å². The van der Waals surface area contributed by atoms with Crippen molar-refractivity contribution in [3.05, 3.63) is 5.38 Å². The highest BCUT2D eigenvalue weighted by Crippen LogP contribution is 2.76. The van der Waals surface area contributed by atoms with Gasteiger partial charge in [-0.1, -0.05) is 139 Å². The van der Waals surface area contributed by atoms with Crippen LogP contribution in [-0.2, 0) is 0 Å². The lowest BCUT2D eigenvalue weighted by molar-refractivity contribution is 0.553. The SMILES string of the molecule is Cl[C]1C(Cl)(Cl)C(Cl)(Cl)C(Cl)(Cl)C(Cl)(Cl)C(Cl)(Cl)C1(Cl)Cl. The Morgan fingerprint density at radius 2 is 0.600 bits per heavy atom. The van der Waals surface area contributed by atoms with Gasteiger partial charge < -0.3 is 0 Å². The van der Waals surface area contributed by atoms with Gasteiger partial charge in [0.2, 0.25) is 0 Å². The molecule has 0 atom stereocenters. The van der Waals surface area contributed by atoms with E-state index in [-0.39, 0.29) is 0 Å². The van der Waals surface area contributed by atoms with Crippen LogP contribution in [0.1, 0.15) is 0 Å². The predicted octanol–water partition coefficient (Wildman–Crippen LogP) is 7.81. The van der Waals surface area contributed by atoms with Crippen molar-refractivity contribution in [2.75, 3.05) is 0 Å². The minimum Gasteiger partial charge on any atom is -0.110 e. The zero-order valence-electron chi connectivity index (χ0n) is 8.41. The lowest BCUT2D eigenvalue weighted by atomic mass is 10.1. The molecule has 1 fully saturated rings. The smallest absolute Gasteiger partial charge is 0.110 e. The van der Waals surface area contributed by atoms with Crippen molar-refractivity contribution in [2.24, 2.45) is 0 Å². The summed E-state index contributed by atoms with van der Waals surface area (Å²) in [7, 11) is 0. The Balaban J connectivity index is 3.83. The molecule has 0 unspecified atom stereocenters. The van der Waals surface area contributed by atoms with Gasteiger partial charge in [0.1, 0.15) is 5.38 Å². The van der Waals surface area contributed by atoms with E-state index in [2.05, 4.69) is 0 Å². The largest absolute Gasteiger partial charge is 0.189 e. The molecule has 0 amide bonds. The Morgan fingerprint density at radius 3 is 0.800 bits per heavy atom. The molecule has 0 N–H and O–H groups in total. The second kappa shape index (κ2) is 5.90. The van der Waals surface area contributed by atoms with Crippen LogP contribution in [0.25, 0.3) is 0 Å². The van der Waals surface area contributed by atoms with Crippen molar-refractivity contribution in [3.63, 3.8) is 0 Å². The van der Waals surface area contributed by atoms with E-state index >= 15 is 0 Å². The van der Waals surface area contributed by atoms with Crippen LogP contribution < -0.4 is 0 Å². The first kappa shape index (κ1) is 21.8. The molecule has 0 aliphatic heterocycles. The maximum absolute atomic E-state index is 6.03. The van der Waals surface area contributed by atoms with Crippen molar-refractivity contribution in [3.8, 4) is 0 Å². The number of rotatable bonds is 0. The summed E-state index contributed by atoms with van der Waals surface area (Å²) in [5.74, 6) is 0. The van der Waals surface area contributed by atoms with Crippen LogP contribution in [0.5, 0.6) is 0 Å². The van der Waals surface area contributed by atoms with Gasteiger partial charge in [-0.25, -0.2) is 0 Å². The van der Waals surface area contributed by atoms with E-state index in [4.69, 9.17) is 151 Å². The van der Waals surface area contributed by atoms with Crippen LogP contribution in [0.2, 0.25) is 0 Å². The molecule has 20 heavy (non-hydrogen) atoms. The summed E-state index contributed by atoms with van der Waals surface area (Å²) < 4.78 is -14.9. The minimum absolute atomic E-state index is 0.680. The number of hydrogen-bond acceptors (Lipinski definition) is 0. The Bertz CT molecular complexity index is 369. The predicted molar refractivity (Wildman–Crippen MR) is 95.7 cm³/mol. The molecule has 0 saturated heterocycles. The Morgan fingerprint density at radius 1 is 0.400 bits per heavy atom. The highest BCUT2D eigenvalue weighted by Gasteiger charge is 2.84. The Kier molecular flexibility index (Phi) is 6.43. The van der Waals surface area contributed by atoms with Crippen molar-refractivity contribution in [1.82, 2.24) is 0 Å². The molecular formula is C7Cl13. The molecule has 119 valence electrons. The molecule has 0 heterocycles. The fourth-order valence-corrected chi connectivity index (χ4v) is 5.92. The number of hydrogen-bond donors (Lipinski definition) is 0. The Labute approximate surface area is 180 Å². The molecule has 1 rings (SSSR count). The topological polar surface area (TPSA) is 0 Å². The Hall–Kier alpha value is 3.77. The maximum atomic E-state index is 6.03. The van der Waals surface area contributed by atoms with Crippen LogP contribution in [0, 0.1) is 5.38 Å². The molecule has 0 nitrogen and oxygen atoms in total. The van der Waals surface area contributed by atoms with E-state index in [0.717, 1.165) is 0 Å². The van der Waals surface area contributed by atoms with E-state index in [1.807, 2.05) is 0 Å². The van der Waals surface area contributed by atoms with Gasteiger partial charge in [-0.15, -0.1) is 11.6 Å². The van der Waals surface area contributed by atoms with Gasteiger partial charge in [-0.2, -0.15) is 0 Å². The first-order chi connectivity index (χ1) is 8.40. The van der Waals surface area contributed by atoms with Gasteiger partial charge >= 0.3 is 0 Å². The average molecular weight is 545 g/mol. The third-order valence-electron chi connectivity index (χ3n) is 2.52. The van der Waals surface area contributed by atoms with Crippen molar-refractivity contribution >= 4 is 151 Å². The van der Waals surface area contributed by atoms with Gasteiger partial charge in [0.05, 0.1) is 0 Å². The summed E-state index contributed by atoms with van der Waals surface area (Å²) in [5.41, 5.74) is 0. The number of alkyl halides is 12. The fraction of sp³-hybridized carbons (Fsp3) is 0.857. The van der Waals surface area contributed by atoms with Crippen LogP contribution >= 0.6 is 151 Å². The maximum Gasteiger partial charge on any atom is 0.189 e. The lowest BCUT2D eigenvalue weighted by Crippen LogP contribution is -2.61. The molecule has 1 aliphatic rings. The van der Waals surface area contributed by atoms with Crippen molar-refractivity contribution < 1.29 is 0 Å². The summed E-state index contributed by atoms with van der Waals surface area (Å²) >= 11 is 78.2. The van der Waals surface area contributed by atoms with Crippen LogP contribution in [0.4, 0.5) is 0 Å². The van der Waals surface area contributed by atoms with E-state index in [1.54, 1.807) is 0 Å². The van der Waals surface area contributed by atoms with E-state index in [9.17, 15) is 0 Å². The zero-order chi connectivity index (χ0) is 16.6. The van der Waals surface area contributed by atoms with E-state index in [1.165, 1.54) is 0 Å². The van der Waals surface area contributed by atoms with Gasteiger partial charge in [0.25, 0.3) is 0 Å². The van der Waals surface area contributed by atoms with Crippen molar-refractivity contribution in [2.45, 2.75) is 26.0 Å². The quantitative estimate of drug-likeness (QED) is 0.215. The molecule has 0 bridgehead atoms. The molecular weight excluding hydrogens is 545 g/mol. The van der Waals surface area contributed by atoms with Gasteiger partial charge in [-0.05, 0) is 0 Å². The normalized spacial score (nSPS) is 33.5. The lowest BCUT2D eigenvalue weighted by Gasteiger charge is -2.46. The van der Waals surface area contributed by atoms with E-state index < -0.39 is 31.4 Å². The highest BCUT2D eigenvalue weighted by atomic mass is 35.6. The summed E-state index contributed by atoms with van der Waals surface area (Å²) in [6.45, 7) is 0. The van der Waals surface area contributed by atoms with Gasteiger partial charge in [0.15, 0.2) is 26.0 Å². The molecule has 1 radical (unpaired) electrons. The van der Waals surface area contributed by atoms with Crippen LogP contribution in [0.15, 0.2) is 0 Å². The first-order valence-electron chi connectivity index (χ1n) is 4.21. The highest BCUT2D eigenvalue weighted by molar-refractivity contribution is 6.81. The van der Waals surface area contributed by atoms with Gasteiger partial charge in [0, 0.05) is 0 Å². The third kappa shape index (κ3) is 2.54. The molecule has 0 aromatic rings. The van der Waals surface area contributed by atoms with Crippen LogP contribution in [-0.4, -0.2) is 26.0 Å². The molecule has 1 aliphatic carbocycles.